The summed E-state index contributed by atoms with van der Waals surface area (Å²) in [6.07, 6.45) is 0.0592. The minimum absolute atomic E-state index is 0.0592. The van der Waals surface area contributed by atoms with Gasteiger partial charge in [-0.05, 0) is 19.1 Å². The van der Waals surface area contributed by atoms with Gasteiger partial charge < -0.3 is 20.5 Å². The van der Waals surface area contributed by atoms with Crippen LogP contribution in [0, 0.1) is 0 Å². The van der Waals surface area contributed by atoms with Crippen LogP contribution < -0.4 is 20.5 Å². The number of hydrogen-bond acceptors (Lipinski definition) is 4. The molecule has 1 heterocycles. The van der Waals surface area contributed by atoms with Crippen molar-refractivity contribution in [3.8, 4) is 11.5 Å². The average Bonchev–Trinajstić information content (AvgIpc) is 2.35. The number of para-hydroxylation sites is 2. The molecule has 1 aromatic rings. The summed E-state index contributed by atoms with van der Waals surface area (Å²) in [5.41, 5.74) is 5.53. The SMILES string of the molecule is C[C@H](CN)NCC1COc2ccccc2O1. The highest BCUT2D eigenvalue weighted by Gasteiger charge is 2.20. The maximum Gasteiger partial charge on any atom is 0.161 e. The second-order valence-corrected chi connectivity index (χ2v) is 4.04. The second kappa shape index (κ2) is 5.18. The van der Waals surface area contributed by atoms with Gasteiger partial charge >= 0.3 is 0 Å². The second-order valence-electron chi connectivity index (χ2n) is 4.04. The molecule has 16 heavy (non-hydrogen) atoms. The predicted molar refractivity (Wildman–Crippen MR) is 62.9 cm³/mol. The summed E-state index contributed by atoms with van der Waals surface area (Å²) in [5.74, 6) is 1.64. The first-order chi connectivity index (χ1) is 7.79. The third-order valence-corrected chi connectivity index (χ3v) is 2.62. The van der Waals surface area contributed by atoms with Gasteiger partial charge in [0.1, 0.15) is 12.7 Å². The standard InChI is InChI=1S/C12H18N2O2/c1-9(6-13)14-7-10-8-15-11-4-2-3-5-12(11)16-10/h2-5,9-10,14H,6-8,13H2,1H3/t9-,10?/m1/s1. The first kappa shape index (κ1) is 11.2. The van der Waals surface area contributed by atoms with Crippen molar-refractivity contribution in [3.05, 3.63) is 24.3 Å². The maximum atomic E-state index is 5.80. The number of fused-ring (bicyclic) bond motifs is 1. The molecule has 0 radical (unpaired) electrons. The average molecular weight is 222 g/mol. The molecule has 1 unspecified atom stereocenters. The number of nitrogens with one attached hydrogen (secondary N) is 1. The minimum Gasteiger partial charge on any atom is -0.486 e. The fourth-order valence-electron chi connectivity index (χ4n) is 1.58. The van der Waals surface area contributed by atoms with Gasteiger partial charge in [0.2, 0.25) is 0 Å². The number of ether oxygens (including phenoxy) is 2. The maximum absolute atomic E-state index is 5.80. The molecule has 1 aliphatic heterocycles. The van der Waals surface area contributed by atoms with Crippen molar-refractivity contribution in [1.29, 1.82) is 0 Å². The molecule has 0 amide bonds. The minimum atomic E-state index is 0.0592. The van der Waals surface area contributed by atoms with Crippen molar-refractivity contribution in [1.82, 2.24) is 5.32 Å². The van der Waals surface area contributed by atoms with Crippen LogP contribution in [-0.4, -0.2) is 31.8 Å². The summed E-state index contributed by atoms with van der Waals surface area (Å²) >= 11 is 0. The van der Waals surface area contributed by atoms with Crippen molar-refractivity contribution in [2.75, 3.05) is 19.7 Å². The van der Waals surface area contributed by atoms with Crippen LogP contribution in [0.4, 0.5) is 0 Å². The molecule has 0 saturated carbocycles. The lowest BCUT2D eigenvalue weighted by Gasteiger charge is -2.27. The Balaban J connectivity index is 1.88. The zero-order valence-corrected chi connectivity index (χ0v) is 9.48. The molecule has 88 valence electrons. The molecule has 0 aromatic heterocycles. The van der Waals surface area contributed by atoms with Crippen LogP contribution in [0.2, 0.25) is 0 Å². The monoisotopic (exact) mass is 222 g/mol. The fourth-order valence-corrected chi connectivity index (χ4v) is 1.58. The number of nitrogens with two attached hydrogens (primary N) is 1. The molecule has 4 nitrogen and oxygen atoms in total. The van der Waals surface area contributed by atoms with Crippen molar-refractivity contribution >= 4 is 0 Å². The molecule has 0 spiro atoms. The Morgan fingerprint density at radius 1 is 1.44 bits per heavy atom. The van der Waals surface area contributed by atoms with E-state index < -0.39 is 0 Å². The Kier molecular flexibility index (Phi) is 3.64. The van der Waals surface area contributed by atoms with E-state index in [1.54, 1.807) is 0 Å². The van der Waals surface area contributed by atoms with Crippen molar-refractivity contribution in [3.63, 3.8) is 0 Å². The highest BCUT2D eigenvalue weighted by atomic mass is 16.6. The van der Waals surface area contributed by atoms with E-state index in [9.17, 15) is 0 Å². The first-order valence-electron chi connectivity index (χ1n) is 5.61. The van der Waals surface area contributed by atoms with E-state index in [-0.39, 0.29) is 6.10 Å². The Hall–Kier alpha value is -1.26. The summed E-state index contributed by atoms with van der Waals surface area (Å²) in [7, 11) is 0. The number of benzene rings is 1. The van der Waals surface area contributed by atoms with Crippen LogP contribution in [0.15, 0.2) is 24.3 Å². The van der Waals surface area contributed by atoms with Gasteiger partial charge in [-0.2, -0.15) is 0 Å². The number of rotatable bonds is 4. The van der Waals surface area contributed by atoms with E-state index in [0.717, 1.165) is 18.0 Å². The van der Waals surface area contributed by atoms with Gasteiger partial charge in [-0.15, -0.1) is 0 Å². The fraction of sp³-hybridized carbons (Fsp3) is 0.500. The lowest BCUT2D eigenvalue weighted by atomic mass is 10.2. The van der Waals surface area contributed by atoms with Crippen molar-refractivity contribution < 1.29 is 9.47 Å². The Bertz CT molecular complexity index is 344. The zero-order valence-electron chi connectivity index (χ0n) is 9.48. The van der Waals surface area contributed by atoms with Gasteiger partial charge in [0.05, 0.1) is 0 Å². The van der Waals surface area contributed by atoms with Gasteiger partial charge in [-0.3, -0.25) is 0 Å². The summed E-state index contributed by atoms with van der Waals surface area (Å²) in [6, 6.07) is 8.04. The molecule has 2 rings (SSSR count). The molecule has 4 heteroatoms. The zero-order chi connectivity index (χ0) is 11.4. The van der Waals surface area contributed by atoms with E-state index in [2.05, 4.69) is 12.2 Å². The van der Waals surface area contributed by atoms with Crippen LogP contribution in [0.25, 0.3) is 0 Å². The van der Waals surface area contributed by atoms with Crippen molar-refractivity contribution in [2.24, 2.45) is 5.73 Å². The summed E-state index contributed by atoms with van der Waals surface area (Å²) in [6.45, 7) is 4.02. The van der Waals surface area contributed by atoms with Crippen LogP contribution in [0.3, 0.4) is 0 Å². The van der Waals surface area contributed by atoms with Crippen LogP contribution >= 0.6 is 0 Å². The van der Waals surface area contributed by atoms with E-state index >= 15 is 0 Å². The van der Waals surface area contributed by atoms with Crippen molar-refractivity contribution in [2.45, 2.75) is 19.1 Å². The first-order valence-corrected chi connectivity index (χ1v) is 5.61. The molecule has 0 fully saturated rings. The molecule has 1 aliphatic rings. The molecule has 3 N–H and O–H groups in total. The molecule has 2 atom stereocenters. The highest BCUT2D eigenvalue weighted by Crippen LogP contribution is 2.30. The third-order valence-electron chi connectivity index (χ3n) is 2.62. The van der Waals surface area contributed by atoms with Gasteiger partial charge in [-0.1, -0.05) is 12.1 Å². The smallest absolute Gasteiger partial charge is 0.161 e. The Morgan fingerprint density at radius 2 is 2.19 bits per heavy atom. The lowest BCUT2D eigenvalue weighted by Crippen LogP contribution is -2.43. The highest BCUT2D eigenvalue weighted by molar-refractivity contribution is 5.40. The Labute approximate surface area is 95.7 Å². The van der Waals surface area contributed by atoms with E-state index in [1.165, 1.54) is 0 Å². The van der Waals surface area contributed by atoms with Crippen LogP contribution in [0.5, 0.6) is 11.5 Å². The quantitative estimate of drug-likeness (QED) is 0.790. The largest absolute Gasteiger partial charge is 0.486 e. The Morgan fingerprint density at radius 3 is 2.94 bits per heavy atom. The number of hydrogen-bond donors (Lipinski definition) is 2. The van der Waals surface area contributed by atoms with Crippen LogP contribution in [0.1, 0.15) is 6.92 Å². The third kappa shape index (κ3) is 2.65. The van der Waals surface area contributed by atoms with Gasteiger partial charge in [-0.25, -0.2) is 0 Å². The summed E-state index contributed by atoms with van der Waals surface area (Å²) < 4.78 is 11.4. The predicted octanol–water partition coefficient (Wildman–Crippen LogP) is 0.763. The molecular weight excluding hydrogens is 204 g/mol. The molecule has 0 aliphatic carbocycles. The normalized spacial score (nSPS) is 20.5. The molecule has 0 bridgehead atoms. The summed E-state index contributed by atoms with van der Waals surface area (Å²) in [5, 5.41) is 3.30. The summed E-state index contributed by atoms with van der Waals surface area (Å²) in [4.78, 5) is 0. The van der Waals surface area contributed by atoms with Gasteiger partial charge in [0.15, 0.2) is 11.5 Å². The van der Waals surface area contributed by atoms with E-state index in [1.807, 2.05) is 24.3 Å². The van der Waals surface area contributed by atoms with Crippen LogP contribution in [-0.2, 0) is 0 Å². The van der Waals surface area contributed by atoms with E-state index in [4.69, 9.17) is 15.2 Å². The molecule has 0 saturated heterocycles. The van der Waals surface area contributed by atoms with E-state index in [0.29, 0.717) is 19.2 Å². The topological polar surface area (TPSA) is 56.5 Å². The van der Waals surface area contributed by atoms with Gasteiger partial charge in [0.25, 0.3) is 0 Å². The molecule has 1 aromatic carbocycles. The lowest BCUT2D eigenvalue weighted by molar-refractivity contribution is 0.0888. The molecular formula is C12H18N2O2. The van der Waals surface area contributed by atoms with Gasteiger partial charge in [0, 0.05) is 19.1 Å².